The third kappa shape index (κ3) is 3.17. The number of esters is 1. The summed E-state index contributed by atoms with van der Waals surface area (Å²) in [6.07, 6.45) is 1.78. The standard InChI is InChI=1S/C15H19N3O2/c1-10-9-11(18-8-7-13(16)17-18)5-6-12(10)14(19)20-15(2,3)4/h5-9H,1-4H3,(H2,16,17). The van der Waals surface area contributed by atoms with E-state index in [1.54, 1.807) is 23.0 Å². The molecule has 1 aromatic heterocycles. The molecule has 1 heterocycles. The molecule has 0 atom stereocenters. The fraction of sp³-hybridized carbons (Fsp3) is 0.333. The fourth-order valence-corrected chi connectivity index (χ4v) is 1.83. The zero-order chi connectivity index (χ0) is 14.9. The van der Waals surface area contributed by atoms with E-state index in [1.807, 2.05) is 39.8 Å². The van der Waals surface area contributed by atoms with Crippen molar-refractivity contribution in [3.63, 3.8) is 0 Å². The van der Waals surface area contributed by atoms with Gasteiger partial charge < -0.3 is 10.5 Å². The van der Waals surface area contributed by atoms with Crippen LogP contribution in [0.4, 0.5) is 5.82 Å². The summed E-state index contributed by atoms with van der Waals surface area (Å²) in [5.41, 5.74) is 7.35. The first-order valence-corrected chi connectivity index (χ1v) is 6.42. The first-order valence-electron chi connectivity index (χ1n) is 6.42. The molecule has 5 heteroatoms. The molecule has 0 aliphatic heterocycles. The van der Waals surface area contributed by atoms with Gasteiger partial charge in [0.15, 0.2) is 0 Å². The maximum Gasteiger partial charge on any atom is 0.338 e. The van der Waals surface area contributed by atoms with Crippen LogP contribution in [-0.2, 0) is 4.74 Å². The quantitative estimate of drug-likeness (QED) is 0.854. The molecule has 0 radical (unpaired) electrons. The number of carbonyl (C=O) groups is 1. The van der Waals surface area contributed by atoms with Gasteiger partial charge in [-0.1, -0.05) is 0 Å². The lowest BCUT2D eigenvalue weighted by atomic mass is 10.1. The number of ether oxygens (including phenoxy) is 1. The molecule has 20 heavy (non-hydrogen) atoms. The van der Waals surface area contributed by atoms with E-state index in [0.29, 0.717) is 11.4 Å². The summed E-state index contributed by atoms with van der Waals surface area (Å²) in [5, 5.41) is 4.13. The molecule has 2 N–H and O–H groups in total. The molecule has 106 valence electrons. The number of nitrogens with zero attached hydrogens (tertiary/aromatic N) is 2. The van der Waals surface area contributed by atoms with E-state index in [-0.39, 0.29) is 5.97 Å². The maximum atomic E-state index is 12.1. The minimum absolute atomic E-state index is 0.318. The van der Waals surface area contributed by atoms with Crippen molar-refractivity contribution >= 4 is 11.8 Å². The molecule has 1 aromatic carbocycles. The highest BCUT2D eigenvalue weighted by atomic mass is 16.6. The fourth-order valence-electron chi connectivity index (χ4n) is 1.83. The second kappa shape index (κ2) is 5.00. The van der Waals surface area contributed by atoms with Crippen LogP contribution in [0.2, 0.25) is 0 Å². The van der Waals surface area contributed by atoms with Crippen LogP contribution >= 0.6 is 0 Å². The van der Waals surface area contributed by atoms with E-state index in [2.05, 4.69) is 5.10 Å². The molecule has 0 spiro atoms. The van der Waals surface area contributed by atoms with Crippen LogP contribution in [0.3, 0.4) is 0 Å². The van der Waals surface area contributed by atoms with E-state index in [0.717, 1.165) is 11.3 Å². The van der Waals surface area contributed by atoms with E-state index >= 15 is 0 Å². The van der Waals surface area contributed by atoms with Crippen LogP contribution in [0.25, 0.3) is 5.69 Å². The molecule has 0 fully saturated rings. The number of carbonyl (C=O) groups excluding carboxylic acids is 1. The number of rotatable bonds is 2. The summed E-state index contributed by atoms with van der Waals surface area (Å²) < 4.78 is 7.04. The Morgan fingerprint density at radius 2 is 2.00 bits per heavy atom. The number of hydrogen-bond donors (Lipinski definition) is 1. The Morgan fingerprint density at radius 3 is 2.50 bits per heavy atom. The lowest BCUT2D eigenvalue weighted by molar-refractivity contribution is 0.00688. The van der Waals surface area contributed by atoms with E-state index in [1.165, 1.54) is 0 Å². The number of nitrogens with two attached hydrogens (primary N) is 1. The monoisotopic (exact) mass is 273 g/mol. The molecule has 5 nitrogen and oxygen atoms in total. The van der Waals surface area contributed by atoms with Crippen LogP contribution in [0.1, 0.15) is 36.7 Å². The molecule has 0 bridgehead atoms. The highest BCUT2D eigenvalue weighted by Crippen LogP contribution is 2.18. The van der Waals surface area contributed by atoms with Gasteiger partial charge in [-0.25, -0.2) is 9.48 Å². The molecule has 2 rings (SSSR count). The highest BCUT2D eigenvalue weighted by molar-refractivity contribution is 5.91. The number of hydrogen-bond acceptors (Lipinski definition) is 4. The minimum atomic E-state index is -0.501. The minimum Gasteiger partial charge on any atom is -0.456 e. The lowest BCUT2D eigenvalue weighted by Crippen LogP contribution is -2.24. The van der Waals surface area contributed by atoms with Gasteiger partial charge in [-0.05, 0) is 51.5 Å². The number of benzene rings is 1. The van der Waals surface area contributed by atoms with Gasteiger partial charge in [0.1, 0.15) is 11.4 Å². The van der Waals surface area contributed by atoms with Crippen molar-refractivity contribution in [1.82, 2.24) is 9.78 Å². The predicted octanol–water partition coefficient (Wildman–Crippen LogP) is 2.72. The van der Waals surface area contributed by atoms with Crippen LogP contribution < -0.4 is 5.73 Å². The first-order chi connectivity index (χ1) is 9.26. The van der Waals surface area contributed by atoms with Crippen molar-refractivity contribution in [3.8, 4) is 5.69 Å². The third-order valence-corrected chi connectivity index (χ3v) is 2.70. The summed E-state index contributed by atoms with van der Waals surface area (Å²) >= 11 is 0. The highest BCUT2D eigenvalue weighted by Gasteiger charge is 2.19. The Morgan fingerprint density at radius 1 is 1.30 bits per heavy atom. The normalized spacial score (nSPS) is 11.4. The van der Waals surface area contributed by atoms with E-state index in [9.17, 15) is 4.79 Å². The van der Waals surface area contributed by atoms with Gasteiger partial charge in [-0.3, -0.25) is 0 Å². The van der Waals surface area contributed by atoms with Crippen molar-refractivity contribution in [2.75, 3.05) is 5.73 Å². The van der Waals surface area contributed by atoms with Crippen molar-refractivity contribution in [2.45, 2.75) is 33.3 Å². The van der Waals surface area contributed by atoms with Gasteiger partial charge in [0.05, 0.1) is 11.3 Å². The summed E-state index contributed by atoms with van der Waals surface area (Å²) in [6, 6.07) is 7.16. The Hall–Kier alpha value is -2.30. The topological polar surface area (TPSA) is 70.1 Å². The van der Waals surface area contributed by atoms with E-state index in [4.69, 9.17) is 10.5 Å². The molecule has 0 saturated carbocycles. The molecule has 0 aliphatic carbocycles. The molecule has 2 aromatic rings. The Kier molecular flexibility index (Phi) is 3.53. The molecule has 0 unspecified atom stereocenters. The second-order valence-corrected chi connectivity index (χ2v) is 5.69. The van der Waals surface area contributed by atoms with Crippen LogP contribution in [-0.4, -0.2) is 21.4 Å². The van der Waals surface area contributed by atoms with Crippen LogP contribution in [0.15, 0.2) is 30.5 Å². The predicted molar refractivity (Wildman–Crippen MR) is 77.9 cm³/mol. The average molecular weight is 273 g/mol. The molecular weight excluding hydrogens is 254 g/mol. The van der Waals surface area contributed by atoms with Gasteiger partial charge in [-0.2, -0.15) is 5.10 Å². The second-order valence-electron chi connectivity index (χ2n) is 5.69. The Labute approximate surface area is 118 Å². The average Bonchev–Trinajstić information content (AvgIpc) is 2.73. The molecule has 0 saturated heterocycles. The maximum absolute atomic E-state index is 12.1. The summed E-state index contributed by atoms with van der Waals surface area (Å²) in [5.74, 6) is 0.139. The number of aromatic nitrogens is 2. The Bertz CT molecular complexity index is 639. The third-order valence-electron chi connectivity index (χ3n) is 2.70. The van der Waals surface area contributed by atoms with E-state index < -0.39 is 5.60 Å². The van der Waals surface area contributed by atoms with Gasteiger partial charge in [0, 0.05) is 12.3 Å². The van der Waals surface area contributed by atoms with Gasteiger partial charge in [0.25, 0.3) is 0 Å². The summed E-state index contributed by atoms with van der Waals surface area (Å²) in [7, 11) is 0. The van der Waals surface area contributed by atoms with Crippen LogP contribution in [0, 0.1) is 6.92 Å². The van der Waals surface area contributed by atoms with Crippen LogP contribution in [0.5, 0.6) is 0 Å². The zero-order valence-electron chi connectivity index (χ0n) is 12.2. The van der Waals surface area contributed by atoms with Crippen molar-refractivity contribution in [3.05, 3.63) is 41.6 Å². The number of aryl methyl sites for hydroxylation is 1. The summed E-state index contributed by atoms with van der Waals surface area (Å²) in [6.45, 7) is 7.42. The van der Waals surface area contributed by atoms with Crippen molar-refractivity contribution in [2.24, 2.45) is 0 Å². The van der Waals surface area contributed by atoms with Gasteiger partial charge in [0.2, 0.25) is 0 Å². The molecular formula is C15H19N3O2. The van der Waals surface area contributed by atoms with Crippen molar-refractivity contribution in [1.29, 1.82) is 0 Å². The zero-order valence-corrected chi connectivity index (χ0v) is 12.2. The first kappa shape index (κ1) is 14.1. The number of nitrogen functional groups attached to an aromatic ring is 1. The Balaban J connectivity index is 2.28. The lowest BCUT2D eigenvalue weighted by Gasteiger charge is -2.20. The van der Waals surface area contributed by atoms with Gasteiger partial charge in [-0.15, -0.1) is 0 Å². The SMILES string of the molecule is Cc1cc(-n2ccc(N)n2)ccc1C(=O)OC(C)(C)C. The van der Waals surface area contributed by atoms with Crippen molar-refractivity contribution < 1.29 is 9.53 Å². The van der Waals surface area contributed by atoms with Gasteiger partial charge >= 0.3 is 5.97 Å². The smallest absolute Gasteiger partial charge is 0.338 e. The number of anilines is 1. The largest absolute Gasteiger partial charge is 0.456 e. The molecule has 0 amide bonds. The molecule has 0 aliphatic rings. The summed E-state index contributed by atoms with van der Waals surface area (Å²) in [4.78, 5) is 12.1.